The Morgan fingerprint density at radius 3 is 2.75 bits per heavy atom. The van der Waals surface area contributed by atoms with Crippen LogP contribution in [-0.4, -0.2) is 54.3 Å². The summed E-state index contributed by atoms with van der Waals surface area (Å²) in [6, 6.07) is 0.925. The Labute approximate surface area is 123 Å². The van der Waals surface area contributed by atoms with Crippen molar-refractivity contribution in [2.45, 2.75) is 45.7 Å². The van der Waals surface area contributed by atoms with E-state index >= 15 is 0 Å². The van der Waals surface area contributed by atoms with Crippen molar-refractivity contribution in [3.63, 3.8) is 0 Å². The molecule has 0 saturated carbocycles. The van der Waals surface area contributed by atoms with Gasteiger partial charge < -0.3 is 19.5 Å². The average Bonchev–Trinajstić information content (AvgIpc) is 2.86. The van der Waals surface area contributed by atoms with E-state index in [0.717, 1.165) is 25.5 Å². The smallest absolute Gasteiger partial charge is 0.203 e. The van der Waals surface area contributed by atoms with Crippen LogP contribution < -0.4 is 5.32 Å². The highest BCUT2D eigenvalue weighted by Crippen LogP contribution is 2.13. The molecule has 0 fully saturated rings. The Hall–Kier alpha value is -1.07. The number of unbranched alkanes of at least 4 members (excludes halogenated alkanes) is 1. The van der Waals surface area contributed by atoms with Crippen LogP contribution in [0.25, 0.3) is 0 Å². The fourth-order valence-corrected chi connectivity index (χ4v) is 2.07. The second kappa shape index (κ2) is 8.97. The molecule has 1 heterocycles. The first kappa shape index (κ1) is 17.0. The van der Waals surface area contributed by atoms with Gasteiger partial charge in [-0.1, -0.05) is 0 Å². The Morgan fingerprint density at radius 1 is 1.35 bits per heavy atom. The maximum atomic E-state index is 5.19. The van der Waals surface area contributed by atoms with Gasteiger partial charge in [-0.25, -0.2) is 4.98 Å². The minimum atomic E-state index is 0.303. The zero-order valence-electron chi connectivity index (χ0n) is 13.6. The maximum Gasteiger partial charge on any atom is 0.203 e. The van der Waals surface area contributed by atoms with Gasteiger partial charge in [0.2, 0.25) is 5.95 Å². The van der Waals surface area contributed by atoms with E-state index in [1.807, 2.05) is 12.4 Å². The van der Waals surface area contributed by atoms with Crippen molar-refractivity contribution >= 4 is 5.95 Å². The lowest BCUT2D eigenvalue weighted by atomic mass is 10.2. The summed E-state index contributed by atoms with van der Waals surface area (Å²) in [4.78, 5) is 6.74. The number of anilines is 1. The Kier molecular flexibility index (Phi) is 7.62. The highest BCUT2D eigenvalue weighted by Gasteiger charge is 2.09. The van der Waals surface area contributed by atoms with Crippen LogP contribution in [0.4, 0.5) is 5.95 Å². The standard InChI is InChI=1S/C15H30N4O/c1-13(2)18(4)10-7-6-8-16-15-17-9-11-19(15)14(3)12-20-5/h9,11,13-14H,6-8,10,12H2,1-5H3,(H,16,17). The second-order valence-electron chi connectivity index (χ2n) is 5.67. The van der Waals surface area contributed by atoms with Crippen molar-refractivity contribution in [3.8, 4) is 0 Å². The molecule has 0 aliphatic heterocycles. The van der Waals surface area contributed by atoms with Gasteiger partial charge in [-0.2, -0.15) is 0 Å². The molecule has 20 heavy (non-hydrogen) atoms. The van der Waals surface area contributed by atoms with Gasteiger partial charge in [-0.3, -0.25) is 0 Å². The minimum absolute atomic E-state index is 0.303. The van der Waals surface area contributed by atoms with Gasteiger partial charge in [0.1, 0.15) is 0 Å². The minimum Gasteiger partial charge on any atom is -0.383 e. The van der Waals surface area contributed by atoms with E-state index in [1.165, 1.54) is 6.42 Å². The molecule has 5 heteroatoms. The van der Waals surface area contributed by atoms with Gasteiger partial charge in [0, 0.05) is 32.1 Å². The quantitative estimate of drug-likeness (QED) is 0.670. The normalized spacial score (nSPS) is 13.2. The first-order valence-corrected chi connectivity index (χ1v) is 7.52. The van der Waals surface area contributed by atoms with Crippen molar-refractivity contribution in [1.82, 2.24) is 14.5 Å². The van der Waals surface area contributed by atoms with Gasteiger partial charge in [0.05, 0.1) is 12.6 Å². The molecule has 0 aliphatic carbocycles. The molecule has 0 aromatic carbocycles. The third-order valence-electron chi connectivity index (χ3n) is 3.65. The summed E-state index contributed by atoms with van der Waals surface area (Å²) in [6.07, 6.45) is 6.19. The third kappa shape index (κ3) is 5.51. The lowest BCUT2D eigenvalue weighted by molar-refractivity contribution is 0.163. The van der Waals surface area contributed by atoms with E-state index in [-0.39, 0.29) is 0 Å². The van der Waals surface area contributed by atoms with E-state index in [1.54, 1.807) is 7.11 Å². The van der Waals surface area contributed by atoms with Gasteiger partial charge in [-0.05, 0) is 47.2 Å². The van der Waals surface area contributed by atoms with Crippen molar-refractivity contribution in [1.29, 1.82) is 0 Å². The zero-order valence-corrected chi connectivity index (χ0v) is 13.6. The molecular formula is C15H30N4O. The summed E-state index contributed by atoms with van der Waals surface area (Å²) in [5.74, 6) is 0.937. The molecule has 1 rings (SSSR count). The summed E-state index contributed by atoms with van der Waals surface area (Å²) >= 11 is 0. The van der Waals surface area contributed by atoms with Crippen LogP contribution in [-0.2, 0) is 4.74 Å². The predicted octanol–water partition coefficient (Wildman–Crippen LogP) is 2.62. The summed E-state index contributed by atoms with van der Waals surface area (Å²) in [5, 5.41) is 3.41. The molecule has 0 spiro atoms. The van der Waals surface area contributed by atoms with Gasteiger partial charge in [0.15, 0.2) is 0 Å². The van der Waals surface area contributed by atoms with Crippen LogP contribution in [0.1, 0.15) is 39.7 Å². The number of hydrogen-bond acceptors (Lipinski definition) is 4. The molecule has 0 radical (unpaired) electrons. The molecule has 0 bridgehead atoms. The molecule has 116 valence electrons. The van der Waals surface area contributed by atoms with Crippen LogP contribution in [0.3, 0.4) is 0 Å². The Bertz CT molecular complexity index is 365. The topological polar surface area (TPSA) is 42.3 Å². The highest BCUT2D eigenvalue weighted by atomic mass is 16.5. The van der Waals surface area contributed by atoms with Crippen LogP contribution in [0.5, 0.6) is 0 Å². The van der Waals surface area contributed by atoms with Crippen LogP contribution in [0.2, 0.25) is 0 Å². The number of aromatic nitrogens is 2. The van der Waals surface area contributed by atoms with E-state index in [2.05, 4.69) is 47.6 Å². The Balaban J connectivity index is 2.27. The summed E-state index contributed by atoms with van der Waals surface area (Å²) in [6.45, 7) is 9.40. The largest absolute Gasteiger partial charge is 0.383 e. The first-order valence-electron chi connectivity index (χ1n) is 7.52. The summed E-state index contributed by atoms with van der Waals surface area (Å²) in [7, 11) is 3.91. The first-order chi connectivity index (χ1) is 9.56. The average molecular weight is 282 g/mol. The molecule has 5 nitrogen and oxygen atoms in total. The fraction of sp³-hybridized carbons (Fsp3) is 0.800. The number of hydrogen-bond donors (Lipinski definition) is 1. The molecule has 0 aliphatic rings. The lowest BCUT2D eigenvalue weighted by Gasteiger charge is -2.20. The van der Waals surface area contributed by atoms with Crippen LogP contribution >= 0.6 is 0 Å². The van der Waals surface area contributed by atoms with Crippen LogP contribution in [0.15, 0.2) is 12.4 Å². The van der Waals surface area contributed by atoms with Crippen molar-refractivity contribution in [2.24, 2.45) is 0 Å². The van der Waals surface area contributed by atoms with Gasteiger partial charge in [0.25, 0.3) is 0 Å². The number of methoxy groups -OCH3 is 1. The highest BCUT2D eigenvalue weighted by molar-refractivity contribution is 5.26. The number of rotatable bonds is 10. The lowest BCUT2D eigenvalue weighted by Crippen LogP contribution is -2.27. The van der Waals surface area contributed by atoms with E-state index in [4.69, 9.17) is 4.74 Å². The van der Waals surface area contributed by atoms with Crippen molar-refractivity contribution in [3.05, 3.63) is 12.4 Å². The van der Waals surface area contributed by atoms with Crippen molar-refractivity contribution < 1.29 is 4.74 Å². The van der Waals surface area contributed by atoms with Gasteiger partial charge >= 0.3 is 0 Å². The monoisotopic (exact) mass is 282 g/mol. The molecule has 0 amide bonds. The molecule has 0 saturated heterocycles. The van der Waals surface area contributed by atoms with Crippen LogP contribution in [0, 0.1) is 0 Å². The SMILES string of the molecule is COCC(C)n1ccnc1NCCCCN(C)C(C)C. The van der Waals surface area contributed by atoms with E-state index < -0.39 is 0 Å². The molecular weight excluding hydrogens is 252 g/mol. The molecule has 1 aromatic heterocycles. The summed E-state index contributed by atoms with van der Waals surface area (Å²) < 4.78 is 7.32. The number of ether oxygens (including phenoxy) is 1. The maximum absolute atomic E-state index is 5.19. The molecule has 1 aromatic rings. The predicted molar refractivity (Wildman–Crippen MR) is 84.3 cm³/mol. The fourth-order valence-electron chi connectivity index (χ4n) is 2.07. The molecule has 1 atom stereocenters. The molecule has 1 N–H and O–H groups in total. The third-order valence-corrected chi connectivity index (χ3v) is 3.65. The number of imidazole rings is 1. The Morgan fingerprint density at radius 2 is 2.10 bits per heavy atom. The number of nitrogens with zero attached hydrogens (tertiary/aromatic N) is 3. The van der Waals surface area contributed by atoms with E-state index in [9.17, 15) is 0 Å². The summed E-state index contributed by atoms with van der Waals surface area (Å²) in [5.41, 5.74) is 0. The van der Waals surface area contributed by atoms with Crippen molar-refractivity contribution in [2.75, 3.05) is 39.2 Å². The molecule has 1 unspecified atom stereocenters. The second-order valence-corrected chi connectivity index (χ2v) is 5.67. The zero-order chi connectivity index (χ0) is 15.0. The van der Waals surface area contributed by atoms with Gasteiger partial charge in [-0.15, -0.1) is 0 Å². The number of nitrogens with one attached hydrogen (secondary N) is 1. The van der Waals surface area contributed by atoms with E-state index in [0.29, 0.717) is 18.7 Å².